The molecule has 1 heterocycles. The maximum Gasteiger partial charge on any atom is 0.277 e. The minimum Gasteiger partial charge on any atom is -0.494 e. The van der Waals surface area contributed by atoms with E-state index in [1.807, 2.05) is 26.0 Å². The van der Waals surface area contributed by atoms with Crippen LogP contribution in [0.2, 0.25) is 0 Å². The quantitative estimate of drug-likeness (QED) is 0.753. The number of nitrogens with one attached hydrogen (secondary N) is 1. The lowest BCUT2D eigenvalue weighted by Crippen LogP contribution is -2.13. The molecule has 1 N–H and O–H groups in total. The average Bonchev–Trinajstić information content (AvgIpc) is 2.96. The van der Waals surface area contributed by atoms with E-state index in [1.165, 1.54) is 11.8 Å². The molecule has 0 radical (unpaired) electrons. The van der Waals surface area contributed by atoms with Crippen LogP contribution in [0.15, 0.2) is 33.9 Å². The van der Waals surface area contributed by atoms with Gasteiger partial charge < -0.3 is 14.5 Å². The summed E-state index contributed by atoms with van der Waals surface area (Å²) in [6.45, 7) is 4.59. The Morgan fingerprint density at radius 1 is 1.27 bits per heavy atom. The zero-order valence-corrected chi connectivity index (χ0v) is 13.5. The fourth-order valence-corrected chi connectivity index (χ4v) is 2.32. The molecule has 2 rings (SSSR count). The van der Waals surface area contributed by atoms with Crippen LogP contribution in [-0.4, -0.2) is 28.5 Å². The summed E-state index contributed by atoms with van der Waals surface area (Å²) in [5.41, 5.74) is 0.728. The lowest BCUT2D eigenvalue weighted by atomic mass is 10.3. The van der Waals surface area contributed by atoms with Crippen LogP contribution in [-0.2, 0) is 11.2 Å². The Hall–Kier alpha value is -2.02. The van der Waals surface area contributed by atoms with Gasteiger partial charge in [0.1, 0.15) is 5.75 Å². The number of aromatic nitrogens is 2. The first-order valence-corrected chi connectivity index (χ1v) is 8.17. The summed E-state index contributed by atoms with van der Waals surface area (Å²) in [6.07, 6.45) is 1.70. The van der Waals surface area contributed by atoms with Gasteiger partial charge in [-0.25, -0.2) is 0 Å². The maximum absolute atomic E-state index is 11.9. The summed E-state index contributed by atoms with van der Waals surface area (Å²) >= 11 is 1.23. The Morgan fingerprint density at radius 2 is 2.05 bits per heavy atom. The van der Waals surface area contributed by atoms with Crippen molar-refractivity contribution in [2.45, 2.75) is 31.9 Å². The van der Waals surface area contributed by atoms with Crippen LogP contribution >= 0.6 is 11.8 Å². The molecule has 0 atom stereocenters. The third kappa shape index (κ3) is 5.07. The van der Waals surface area contributed by atoms with Crippen molar-refractivity contribution >= 4 is 23.4 Å². The first kappa shape index (κ1) is 16.4. The van der Waals surface area contributed by atoms with E-state index in [9.17, 15) is 4.79 Å². The van der Waals surface area contributed by atoms with Crippen LogP contribution in [0.4, 0.5) is 5.69 Å². The molecule has 0 aliphatic carbocycles. The fourth-order valence-electron chi connectivity index (χ4n) is 1.74. The molecular formula is C15H19N3O3S. The number of carbonyl (C=O) groups is 1. The van der Waals surface area contributed by atoms with Gasteiger partial charge in [0, 0.05) is 12.1 Å². The molecule has 7 heteroatoms. The zero-order chi connectivity index (χ0) is 15.8. The number of ether oxygens (including phenoxy) is 1. The summed E-state index contributed by atoms with van der Waals surface area (Å²) in [4.78, 5) is 11.9. The van der Waals surface area contributed by atoms with Crippen LogP contribution < -0.4 is 10.1 Å². The molecule has 0 unspecified atom stereocenters. The average molecular weight is 321 g/mol. The summed E-state index contributed by atoms with van der Waals surface area (Å²) in [5.74, 6) is 1.49. The maximum atomic E-state index is 11.9. The van der Waals surface area contributed by atoms with Gasteiger partial charge in [-0.15, -0.1) is 10.2 Å². The van der Waals surface area contributed by atoms with Crippen LogP contribution in [0.25, 0.3) is 0 Å². The van der Waals surface area contributed by atoms with Crippen molar-refractivity contribution in [3.63, 3.8) is 0 Å². The first-order chi connectivity index (χ1) is 10.7. The molecule has 1 aromatic carbocycles. The molecule has 0 aliphatic rings. The van der Waals surface area contributed by atoms with Gasteiger partial charge >= 0.3 is 0 Å². The van der Waals surface area contributed by atoms with E-state index in [4.69, 9.17) is 9.15 Å². The molecule has 22 heavy (non-hydrogen) atoms. The third-order valence-corrected chi connectivity index (χ3v) is 3.51. The smallest absolute Gasteiger partial charge is 0.277 e. The number of benzene rings is 1. The monoisotopic (exact) mass is 321 g/mol. The molecule has 0 bridgehead atoms. The van der Waals surface area contributed by atoms with E-state index in [0.29, 0.717) is 17.7 Å². The number of amides is 1. The second-order valence-electron chi connectivity index (χ2n) is 4.51. The molecule has 0 saturated heterocycles. The molecule has 0 aliphatic heterocycles. The summed E-state index contributed by atoms with van der Waals surface area (Å²) < 4.78 is 10.8. The molecule has 6 nitrogen and oxygen atoms in total. The van der Waals surface area contributed by atoms with E-state index in [1.54, 1.807) is 12.1 Å². The molecule has 0 fully saturated rings. The van der Waals surface area contributed by atoms with E-state index in [-0.39, 0.29) is 11.7 Å². The normalized spacial score (nSPS) is 10.5. The molecule has 0 saturated carbocycles. The van der Waals surface area contributed by atoms with Gasteiger partial charge in [0.2, 0.25) is 11.8 Å². The number of carbonyl (C=O) groups excluding carboxylic acids is 1. The second kappa shape index (κ2) is 8.43. The highest BCUT2D eigenvalue weighted by atomic mass is 32.2. The van der Waals surface area contributed by atoms with Crippen LogP contribution in [0, 0.1) is 0 Å². The Kier molecular flexibility index (Phi) is 6.27. The van der Waals surface area contributed by atoms with Crippen molar-refractivity contribution in [1.82, 2.24) is 10.2 Å². The van der Waals surface area contributed by atoms with Crippen LogP contribution in [0.5, 0.6) is 5.75 Å². The van der Waals surface area contributed by atoms with Gasteiger partial charge in [-0.05, 0) is 37.6 Å². The lowest BCUT2D eigenvalue weighted by Gasteiger charge is -2.06. The zero-order valence-electron chi connectivity index (χ0n) is 12.7. The van der Waals surface area contributed by atoms with Crippen LogP contribution in [0.1, 0.15) is 26.2 Å². The summed E-state index contributed by atoms with van der Waals surface area (Å²) in [7, 11) is 0. The number of rotatable bonds is 8. The SMILES string of the molecule is CCCc1nnc(SCC(=O)Nc2ccc(OCC)cc2)o1. The fraction of sp³-hybridized carbons (Fsp3) is 0.400. The van der Waals surface area contributed by atoms with Gasteiger partial charge in [0.15, 0.2) is 0 Å². The lowest BCUT2D eigenvalue weighted by molar-refractivity contribution is -0.113. The molecule has 1 amide bonds. The number of nitrogens with zero attached hydrogens (tertiary/aromatic N) is 2. The largest absolute Gasteiger partial charge is 0.494 e. The van der Waals surface area contributed by atoms with E-state index in [2.05, 4.69) is 15.5 Å². The van der Waals surface area contributed by atoms with Crippen molar-refractivity contribution < 1.29 is 13.9 Å². The predicted octanol–water partition coefficient (Wildman–Crippen LogP) is 3.15. The van der Waals surface area contributed by atoms with Crippen molar-refractivity contribution in [1.29, 1.82) is 0 Å². The topological polar surface area (TPSA) is 77.2 Å². The third-order valence-electron chi connectivity index (χ3n) is 2.69. The van der Waals surface area contributed by atoms with Crippen molar-refractivity contribution in [3.8, 4) is 5.75 Å². The minimum atomic E-state index is -0.121. The number of aryl methyl sites for hydroxylation is 1. The van der Waals surface area contributed by atoms with Crippen LogP contribution in [0.3, 0.4) is 0 Å². The van der Waals surface area contributed by atoms with Gasteiger partial charge in [0.25, 0.3) is 5.22 Å². The standard InChI is InChI=1S/C15H19N3O3S/c1-3-5-14-17-18-15(21-14)22-10-13(19)16-11-6-8-12(9-7-11)20-4-2/h6-9H,3-5,10H2,1-2H3,(H,16,19). The summed E-state index contributed by atoms with van der Waals surface area (Å²) in [6, 6.07) is 7.25. The second-order valence-corrected chi connectivity index (χ2v) is 5.43. The Bertz CT molecular complexity index is 598. The number of thioether (sulfide) groups is 1. The minimum absolute atomic E-state index is 0.121. The Morgan fingerprint density at radius 3 is 2.73 bits per heavy atom. The van der Waals surface area contributed by atoms with E-state index in [0.717, 1.165) is 24.3 Å². The molecule has 0 spiro atoms. The first-order valence-electron chi connectivity index (χ1n) is 7.19. The molecule has 1 aromatic heterocycles. The molecule has 118 valence electrons. The predicted molar refractivity (Wildman–Crippen MR) is 85.3 cm³/mol. The number of hydrogen-bond acceptors (Lipinski definition) is 6. The van der Waals surface area contributed by atoms with E-state index >= 15 is 0 Å². The van der Waals surface area contributed by atoms with Crippen molar-refractivity contribution in [2.24, 2.45) is 0 Å². The summed E-state index contributed by atoms with van der Waals surface area (Å²) in [5, 5.41) is 11.0. The van der Waals surface area contributed by atoms with E-state index < -0.39 is 0 Å². The Balaban J connectivity index is 1.79. The van der Waals surface area contributed by atoms with Gasteiger partial charge in [-0.1, -0.05) is 18.7 Å². The number of hydrogen-bond donors (Lipinski definition) is 1. The van der Waals surface area contributed by atoms with Crippen molar-refractivity contribution in [2.75, 3.05) is 17.7 Å². The van der Waals surface area contributed by atoms with Gasteiger partial charge in [-0.3, -0.25) is 4.79 Å². The van der Waals surface area contributed by atoms with Crippen molar-refractivity contribution in [3.05, 3.63) is 30.2 Å². The number of anilines is 1. The molecule has 2 aromatic rings. The highest BCUT2D eigenvalue weighted by molar-refractivity contribution is 7.99. The molecular weight excluding hydrogens is 302 g/mol. The van der Waals surface area contributed by atoms with Gasteiger partial charge in [0.05, 0.1) is 12.4 Å². The highest BCUT2D eigenvalue weighted by Gasteiger charge is 2.09. The Labute approximate surface area is 133 Å². The van der Waals surface area contributed by atoms with Gasteiger partial charge in [-0.2, -0.15) is 0 Å². The highest BCUT2D eigenvalue weighted by Crippen LogP contribution is 2.18.